The molecule has 3 aliphatic rings. The molecule has 1 aromatic carbocycles. The van der Waals surface area contributed by atoms with Gasteiger partial charge in [0.25, 0.3) is 0 Å². The first-order chi connectivity index (χ1) is 13.2. The molecule has 2 aliphatic carbocycles. The van der Waals surface area contributed by atoms with Crippen molar-refractivity contribution in [2.45, 2.75) is 69.6 Å². The van der Waals surface area contributed by atoms with Gasteiger partial charge in [0.15, 0.2) is 0 Å². The lowest BCUT2D eigenvalue weighted by Crippen LogP contribution is -2.43. The molecule has 5 rings (SSSR count). The summed E-state index contributed by atoms with van der Waals surface area (Å²) >= 11 is 0. The van der Waals surface area contributed by atoms with E-state index in [1.165, 1.54) is 35.2 Å². The second-order valence-corrected chi connectivity index (χ2v) is 8.69. The summed E-state index contributed by atoms with van der Waals surface area (Å²) in [6, 6.07) is 8.55. The van der Waals surface area contributed by atoms with Gasteiger partial charge in [-0.25, -0.2) is 0 Å². The Morgan fingerprint density at radius 2 is 1.81 bits per heavy atom. The maximum atomic E-state index is 13.3. The van der Waals surface area contributed by atoms with Crippen LogP contribution in [0.15, 0.2) is 28.8 Å². The molecule has 0 unspecified atom stereocenters. The zero-order valence-corrected chi connectivity index (χ0v) is 16.2. The summed E-state index contributed by atoms with van der Waals surface area (Å²) in [7, 11) is 0. The number of benzene rings is 1. The van der Waals surface area contributed by atoms with Gasteiger partial charge in [0, 0.05) is 24.6 Å². The van der Waals surface area contributed by atoms with Gasteiger partial charge < -0.3 is 9.42 Å². The maximum absolute atomic E-state index is 13.3. The van der Waals surface area contributed by atoms with E-state index in [1.54, 1.807) is 0 Å². The Morgan fingerprint density at radius 1 is 1.11 bits per heavy atom. The highest BCUT2D eigenvalue weighted by Crippen LogP contribution is 2.50. The third kappa shape index (κ3) is 2.90. The van der Waals surface area contributed by atoms with Crippen molar-refractivity contribution in [2.75, 3.05) is 13.1 Å². The predicted octanol–water partition coefficient (Wildman–Crippen LogP) is 4.30. The number of aryl methyl sites for hydroxylation is 2. The highest BCUT2D eigenvalue weighted by molar-refractivity contribution is 5.91. The van der Waals surface area contributed by atoms with E-state index in [4.69, 9.17) is 4.52 Å². The highest BCUT2D eigenvalue weighted by atomic mass is 16.5. The van der Waals surface area contributed by atoms with Crippen LogP contribution in [0.2, 0.25) is 0 Å². The molecule has 0 atom stereocenters. The lowest BCUT2D eigenvalue weighted by Gasteiger charge is -2.34. The maximum Gasteiger partial charge on any atom is 0.233 e. The van der Waals surface area contributed by atoms with Crippen molar-refractivity contribution in [2.24, 2.45) is 0 Å². The smallest absolute Gasteiger partial charge is 0.233 e. The Hall–Kier alpha value is -2.10. The molecule has 4 nitrogen and oxygen atoms in total. The van der Waals surface area contributed by atoms with E-state index < -0.39 is 0 Å². The molecular formula is C23H28N2O2. The van der Waals surface area contributed by atoms with Crippen LogP contribution in [0.25, 0.3) is 0 Å². The normalized spacial score (nSPS) is 21.7. The molecule has 1 amide bonds. The number of piperidine rings is 1. The van der Waals surface area contributed by atoms with Crippen LogP contribution in [0.5, 0.6) is 0 Å². The van der Waals surface area contributed by atoms with Gasteiger partial charge in [-0.1, -0.05) is 35.0 Å². The van der Waals surface area contributed by atoms with Gasteiger partial charge in [0.1, 0.15) is 5.76 Å². The highest BCUT2D eigenvalue weighted by Gasteiger charge is 2.53. The largest absolute Gasteiger partial charge is 0.361 e. The Morgan fingerprint density at radius 3 is 2.52 bits per heavy atom. The van der Waals surface area contributed by atoms with Crippen molar-refractivity contribution in [3.8, 4) is 0 Å². The number of nitrogens with zero attached hydrogens (tertiary/aromatic N) is 2. The van der Waals surface area contributed by atoms with Gasteiger partial charge in [-0.3, -0.25) is 4.79 Å². The quantitative estimate of drug-likeness (QED) is 0.816. The molecule has 2 heterocycles. The number of carbonyl (C=O) groups is 1. The molecule has 1 aliphatic heterocycles. The number of hydrogen-bond acceptors (Lipinski definition) is 3. The summed E-state index contributed by atoms with van der Waals surface area (Å²) in [6.07, 6.45) is 8.63. The van der Waals surface area contributed by atoms with Gasteiger partial charge in [-0.05, 0) is 63.9 Å². The fourth-order valence-electron chi connectivity index (χ4n) is 5.01. The summed E-state index contributed by atoms with van der Waals surface area (Å²) in [5.74, 6) is 1.89. The molecule has 4 heteroatoms. The van der Waals surface area contributed by atoms with Gasteiger partial charge in [0.2, 0.25) is 5.91 Å². The van der Waals surface area contributed by atoms with Crippen LogP contribution in [-0.4, -0.2) is 29.1 Å². The van der Waals surface area contributed by atoms with Crippen molar-refractivity contribution in [1.29, 1.82) is 0 Å². The fourth-order valence-corrected chi connectivity index (χ4v) is 5.01. The predicted molar refractivity (Wildman–Crippen MR) is 104 cm³/mol. The third-order valence-corrected chi connectivity index (χ3v) is 6.91. The molecular weight excluding hydrogens is 336 g/mol. The van der Waals surface area contributed by atoms with E-state index >= 15 is 0 Å². The molecule has 1 saturated heterocycles. The molecule has 1 aromatic heterocycles. The van der Waals surface area contributed by atoms with Crippen LogP contribution in [0.3, 0.4) is 0 Å². The molecule has 0 bridgehead atoms. The van der Waals surface area contributed by atoms with Gasteiger partial charge in [-0.15, -0.1) is 0 Å². The second kappa shape index (κ2) is 6.50. The first kappa shape index (κ1) is 17.0. The number of aromatic nitrogens is 1. The molecule has 0 N–H and O–H groups in total. The summed E-state index contributed by atoms with van der Waals surface area (Å²) < 4.78 is 5.76. The van der Waals surface area contributed by atoms with Gasteiger partial charge in [0.05, 0.1) is 11.1 Å². The van der Waals surface area contributed by atoms with Crippen molar-refractivity contribution >= 4 is 5.91 Å². The topological polar surface area (TPSA) is 46.3 Å². The molecule has 2 fully saturated rings. The van der Waals surface area contributed by atoms with Crippen LogP contribution in [0, 0.1) is 6.92 Å². The minimum Gasteiger partial charge on any atom is -0.361 e. The van der Waals surface area contributed by atoms with E-state index in [0.29, 0.717) is 11.8 Å². The summed E-state index contributed by atoms with van der Waals surface area (Å²) in [5, 5.41) is 4.33. The van der Waals surface area contributed by atoms with Crippen LogP contribution in [0.4, 0.5) is 0 Å². The van der Waals surface area contributed by atoms with Gasteiger partial charge in [-0.2, -0.15) is 0 Å². The number of hydrogen-bond donors (Lipinski definition) is 0. The van der Waals surface area contributed by atoms with Crippen LogP contribution < -0.4 is 0 Å². The minimum absolute atomic E-state index is 0.244. The zero-order valence-electron chi connectivity index (χ0n) is 16.2. The first-order valence-electron chi connectivity index (χ1n) is 10.5. The Balaban J connectivity index is 1.27. The molecule has 0 radical (unpaired) electrons. The Labute approximate surface area is 160 Å². The van der Waals surface area contributed by atoms with Crippen LogP contribution in [0.1, 0.15) is 72.6 Å². The number of fused-ring (bicyclic) bond motifs is 1. The zero-order chi connectivity index (χ0) is 18.4. The number of carbonyl (C=O) groups excluding carboxylic acids is 1. The first-order valence-corrected chi connectivity index (χ1v) is 10.5. The molecule has 0 spiro atoms. The summed E-state index contributed by atoms with van der Waals surface area (Å²) in [5.41, 5.74) is 4.77. The Kier molecular flexibility index (Phi) is 4.10. The second-order valence-electron chi connectivity index (χ2n) is 8.69. The third-order valence-electron chi connectivity index (χ3n) is 6.91. The van der Waals surface area contributed by atoms with E-state index in [1.807, 2.05) is 0 Å². The molecule has 27 heavy (non-hydrogen) atoms. The minimum atomic E-state index is -0.244. The van der Waals surface area contributed by atoms with Crippen LogP contribution >= 0.6 is 0 Å². The fraction of sp³-hybridized carbons (Fsp3) is 0.565. The number of amides is 1. The summed E-state index contributed by atoms with van der Waals surface area (Å²) in [6.45, 7) is 3.78. The standard InChI is InChI=1S/C23H28N2O2/c1-16-6-8-18(9-7-16)23(12-13-23)22(26)25-14-10-17(11-15-25)21-19-4-2-3-5-20(19)24-27-21/h6-9,17H,2-5,10-15H2,1H3. The Bertz CT molecular complexity index is 840. The average Bonchev–Trinajstić information content (AvgIpc) is 3.41. The van der Waals surface area contributed by atoms with Gasteiger partial charge >= 0.3 is 0 Å². The van der Waals surface area contributed by atoms with Crippen molar-refractivity contribution in [3.05, 3.63) is 52.4 Å². The van der Waals surface area contributed by atoms with Crippen molar-refractivity contribution < 1.29 is 9.32 Å². The molecule has 142 valence electrons. The average molecular weight is 364 g/mol. The lowest BCUT2D eigenvalue weighted by atomic mass is 9.86. The number of rotatable bonds is 3. The SMILES string of the molecule is Cc1ccc(C2(C(=O)N3CCC(c4onc5c4CCCC5)CC3)CC2)cc1. The lowest BCUT2D eigenvalue weighted by molar-refractivity contribution is -0.135. The van der Waals surface area contributed by atoms with E-state index in [0.717, 1.165) is 57.4 Å². The van der Waals surface area contributed by atoms with Crippen molar-refractivity contribution in [3.63, 3.8) is 0 Å². The van der Waals surface area contributed by atoms with Crippen molar-refractivity contribution in [1.82, 2.24) is 10.1 Å². The van der Waals surface area contributed by atoms with E-state index in [-0.39, 0.29) is 5.41 Å². The van der Waals surface area contributed by atoms with Crippen LogP contribution in [-0.2, 0) is 23.1 Å². The van der Waals surface area contributed by atoms with E-state index in [2.05, 4.69) is 41.2 Å². The summed E-state index contributed by atoms with van der Waals surface area (Å²) in [4.78, 5) is 15.4. The molecule has 2 aromatic rings. The monoisotopic (exact) mass is 364 g/mol. The number of likely N-dealkylation sites (tertiary alicyclic amines) is 1. The van der Waals surface area contributed by atoms with E-state index in [9.17, 15) is 4.79 Å². The molecule has 1 saturated carbocycles.